The number of fused-ring (bicyclic) bond motifs is 1. The maximum atomic E-state index is 9.38. The third-order valence-corrected chi connectivity index (χ3v) is 6.16. The fraction of sp³-hybridized carbons (Fsp3) is 0.400. The van der Waals surface area contributed by atoms with E-state index in [0.717, 1.165) is 33.8 Å². The highest BCUT2D eigenvalue weighted by Crippen LogP contribution is 2.35. The molecule has 138 valence electrons. The van der Waals surface area contributed by atoms with Gasteiger partial charge in [-0.25, -0.2) is 9.97 Å². The van der Waals surface area contributed by atoms with Crippen LogP contribution in [0.25, 0.3) is 22.3 Å². The Bertz CT molecular complexity index is 1030. The van der Waals surface area contributed by atoms with Crippen molar-refractivity contribution in [2.75, 3.05) is 0 Å². The second kappa shape index (κ2) is 7.57. The van der Waals surface area contributed by atoms with E-state index in [1.165, 1.54) is 25.7 Å². The Hall–Kier alpha value is -1.97. The number of aromatic nitrogens is 4. The van der Waals surface area contributed by atoms with E-state index in [2.05, 4.69) is 48.4 Å². The molecule has 0 atom stereocenters. The van der Waals surface area contributed by atoms with E-state index >= 15 is 0 Å². The van der Waals surface area contributed by atoms with Gasteiger partial charge in [-0.2, -0.15) is 5.26 Å². The SMILES string of the molecule is CC1CCC(Cn2c(Br)nc3cc(C#N)nc(-c4cncc(Cl)c4)c32)CC1. The predicted molar refractivity (Wildman–Crippen MR) is 109 cm³/mol. The summed E-state index contributed by atoms with van der Waals surface area (Å²) in [5.74, 6) is 1.44. The zero-order chi connectivity index (χ0) is 19.0. The summed E-state index contributed by atoms with van der Waals surface area (Å²) in [6.07, 6.45) is 8.32. The molecule has 0 bridgehead atoms. The Morgan fingerprint density at radius 3 is 2.70 bits per heavy atom. The van der Waals surface area contributed by atoms with Crippen molar-refractivity contribution < 1.29 is 0 Å². The van der Waals surface area contributed by atoms with Crippen molar-refractivity contribution in [2.45, 2.75) is 39.2 Å². The number of hydrogen-bond acceptors (Lipinski definition) is 4. The first-order chi connectivity index (χ1) is 13.0. The van der Waals surface area contributed by atoms with E-state index < -0.39 is 0 Å². The van der Waals surface area contributed by atoms with Crippen molar-refractivity contribution in [1.29, 1.82) is 5.26 Å². The molecule has 3 aromatic rings. The zero-order valence-electron chi connectivity index (χ0n) is 15.0. The molecule has 0 N–H and O–H groups in total. The number of imidazole rings is 1. The zero-order valence-corrected chi connectivity index (χ0v) is 17.3. The number of rotatable bonds is 3. The Labute approximate surface area is 171 Å². The standard InChI is InChI=1S/C20H19BrClN5/c1-12-2-4-13(5-3-12)11-27-19-17(26-20(27)21)7-16(8-23)25-18(19)14-6-15(22)10-24-9-14/h6-7,9-10,12-13H,2-5,11H2,1H3. The van der Waals surface area contributed by atoms with Crippen LogP contribution in [0.4, 0.5) is 0 Å². The molecule has 0 spiro atoms. The highest BCUT2D eigenvalue weighted by Gasteiger charge is 2.23. The van der Waals surface area contributed by atoms with Gasteiger partial charge in [0, 0.05) is 30.6 Å². The van der Waals surface area contributed by atoms with Crippen LogP contribution in [-0.2, 0) is 6.54 Å². The van der Waals surface area contributed by atoms with E-state index in [0.29, 0.717) is 22.3 Å². The summed E-state index contributed by atoms with van der Waals surface area (Å²) in [5.41, 5.74) is 3.49. The first kappa shape index (κ1) is 18.4. The second-order valence-corrected chi connectivity index (χ2v) is 8.49. The van der Waals surface area contributed by atoms with Crippen molar-refractivity contribution in [1.82, 2.24) is 19.5 Å². The molecule has 5 nitrogen and oxygen atoms in total. The largest absolute Gasteiger partial charge is 0.316 e. The first-order valence-corrected chi connectivity index (χ1v) is 10.3. The molecule has 1 aliphatic rings. The van der Waals surface area contributed by atoms with Crippen LogP contribution in [0.5, 0.6) is 0 Å². The number of pyridine rings is 2. The van der Waals surface area contributed by atoms with Crippen molar-refractivity contribution in [2.24, 2.45) is 11.8 Å². The van der Waals surface area contributed by atoms with E-state index in [1.807, 2.05) is 6.07 Å². The van der Waals surface area contributed by atoms with Crippen molar-refractivity contribution >= 4 is 38.6 Å². The molecule has 0 aromatic carbocycles. The molecule has 1 saturated carbocycles. The van der Waals surface area contributed by atoms with Crippen LogP contribution in [0.3, 0.4) is 0 Å². The fourth-order valence-corrected chi connectivity index (χ4v) is 4.55. The summed E-state index contributed by atoms with van der Waals surface area (Å²) in [4.78, 5) is 13.4. The molecule has 0 unspecified atom stereocenters. The van der Waals surface area contributed by atoms with E-state index in [4.69, 9.17) is 11.6 Å². The van der Waals surface area contributed by atoms with Gasteiger partial charge in [-0.15, -0.1) is 0 Å². The lowest BCUT2D eigenvalue weighted by molar-refractivity contribution is 0.265. The third-order valence-electron chi connectivity index (χ3n) is 5.35. The van der Waals surface area contributed by atoms with Crippen LogP contribution in [0.2, 0.25) is 5.02 Å². The van der Waals surface area contributed by atoms with E-state index in [9.17, 15) is 5.26 Å². The Balaban J connectivity index is 1.85. The molecule has 0 saturated heterocycles. The summed E-state index contributed by atoms with van der Waals surface area (Å²) in [6, 6.07) is 5.69. The van der Waals surface area contributed by atoms with Gasteiger partial charge in [-0.3, -0.25) is 4.98 Å². The molecule has 0 aliphatic heterocycles. The monoisotopic (exact) mass is 443 g/mol. The minimum absolute atomic E-state index is 0.334. The molecular formula is C20H19BrClN5. The van der Waals surface area contributed by atoms with Crippen LogP contribution in [0, 0.1) is 23.2 Å². The topological polar surface area (TPSA) is 67.4 Å². The fourth-order valence-electron chi connectivity index (χ4n) is 3.86. The maximum Gasteiger partial charge on any atom is 0.178 e. The summed E-state index contributed by atoms with van der Waals surface area (Å²) in [5, 5.41) is 9.92. The highest BCUT2D eigenvalue weighted by molar-refractivity contribution is 9.10. The van der Waals surface area contributed by atoms with Crippen LogP contribution < -0.4 is 0 Å². The normalized spacial score (nSPS) is 19.9. The van der Waals surface area contributed by atoms with E-state index in [1.54, 1.807) is 18.5 Å². The lowest BCUT2D eigenvalue weighted by Gasteiger charge is -2.27. The highest BCUT2D eigenvalue weighted by atomic mass is 79.9. The average molecular weight is 445 g/mol. The quantitative estimate of drug-likeness (QED) is 0.527. The molecule has 1 fully saturated rings. The lowest BCUT2D eigenvalue weighted by Crippen LogP contribution is -2.18. The van der Waals surface area contributed by atoms with Crippen LogP contribution in [-0.4, -0.2) is 19.5 Å². The molecular weight excluding hydrogens is 426 g/mol. The predicted octanol–water partition coefficient (Wildman–Crippen LogP) is 5.61. The van der Waals surface area contributed by atoms with Gasteiger partial charge >= 0.3 is 0 Å². The molecule has 0 radical (unpaired) electrons. The summed E-state index contributed by atoms with van der Waals surface area (Å²) in [6.45, 7) is 3.22. The molecule has 7 heteroatoms. The van der Waals surface area contributed by atoms with Gasteiger partial charge in [-0.1, -0.05) is 31.4 Å². The minimum Gasteiger partial charge on any atom is -0.316 e. The summed E-state index contributed by atoms with van der Waals surface area (Å²) in [7, 11) is 0. The van der Waals surface area contributed by atoms with Crippen molar-refractivity contribution in [3.05, 3.63) is 40.0 Å². The third kappa shape index (κ3) is 3.71. The number of hydrogen-bond donors (Lipinski definition) is 0. The Morgan fingerprint density at radius 1 is 1.22 bits per heavy atom. The number of nitrogens with zero attached hydrogens (tertiary/aromatic N) is 5. The molecule has 1 aliphatic carbocycles. The summed E-state index contributed by atoms with van der Waals surface area (Å²) >= 11 is 9.76. The van der Waals surface area contributed by atoms with Crippen molar-refractivity contribution in [3.8, 4) is 17.3 Å². The van der Waals surface area contributed by atoms with Crippen LogP contribution >= 0.6 is 27.5 Å². The molecule has 3 aromatic heterocycles. The minimum atomic E-state index is 0.334. The Morgan fingerprint density at radius 2 is 2.00 bits per heavy atom. The second-order valence-electron chi connectivity index (χ2n) is 7.34. The number of halogens is 2. The smallest absolute Gasteiger partial charge is 0.178 e. The first-order valence-electron chi connectivity index (χ1n) is 9.13. The van der Waals surface area contributed by atoms with Gasteiger partial charge in [0.1, 0.15) is 11.8 Å². The van der Waals surface area contributed by atoms with Gasteiger partial charge in [0.05, 0.1) is 21.7 Å². The summed E-state index contributed by atoms with van der Waals surface area (Å²) < 4.78 is 2.95. The molecule has 4 rings (SSSR count). The number of nitriles is 1. The molecule has 3 heterocycles. The molecule has 0 amide bonds. The average Bonchev–Trinajstić information content (AvgIpc) is 2.98. The van der Waals surface area contributed by atoms with Gasteiger partial charge in [0.15, 0.2) is 4.73 Å². The van der Waals surface area contributed by atoms with Gasteiger partial charge < -0.3 is 4.57 Å². The maximum absolute atomic E-state index is 9.38. The van der Waals surface area contributed by atoms with Crippen molar-refractivity contribution in [3.63, 3.8) is 0 Å². The van der Waals surface area contributed by atoms with Gasteiger partial charge in [-0.05, 0) is 46.7 Å². The molecule has 27 heavy (non-hydrogen) atoms. The van der Waals surface area contributed by atoms with Gasteiger partial charge in [0.25, 0.3) is 0 Å². The van der Waals surface area contributed by atoms with Crippen LogP contribution in [0.15, 0.2) is 29.3 Å². The lowest BCUT2D eigenvalue weighted by atomic mass is 9.83. The van der Waals surface area contributed by atoms with E-state index in [-0.39, 0.29) is 0 Å². The van der Waals surface area contributed by atoms with Gasteiger partial charge in [0.2, 0.25) is 0 Å². The van der Waals surface area contributed by atoms with Crippen LogP contribution in [0.1, 0.15) is 38.3 Å². The Kier molecular flexibility index (Phi) is 5.16.